The summed E-state index contributed by atoms with van der Waals surface area (Å²) in [5.41, 5.74) is 2.50. The first-order chi connectivity index (χ1) is 14.6. The fourth-order valence-corrected chi connectivity index (χ4v) is 4.92. The van der Waals surface area contributed by atoms with Crippen molar-refractivity contribution in [2.45, 2.75) is 45.1 Å². The number of piperazine rings is 1. The molecular formula is C22H34N4O4S. The molecule has 1 N–H and O–H groups in total. The predicted octanol–water partition coefficient (Wildman–Crippen LogP) is 0.782. The molecule has 2 heterocycles. The average Bonchev–Trinajstić information content (AvgIpc) is 2.74. The molecule has 2 fully saturated rings. The highest BCUT2D eigenvalue weighted by Crippen LogP contribution is 2.32. The molecule has 9 heteroatoms. The molecule has 0 saturated carbocycles. The summed E-state index contributed by atoms with van der Waals surface area (Å²) in [4.78, 5) is 30.9. The number of likely N-dealkylation sites (tertiary alicyclic amines) is 1. The highest BCUT2D eigenvalue weighted by atomic mass is 32.2. The Morgan fingerprint density at radius 3 is 2.19 bits per heavy atom. The van der Waals surface area contributed by atoms with Crippen molar-refractivity contribution in [2.24, 2.45) is 0 Å². The Hall–Kier alpha value is -2.13. The van der Waals surface area contributed by atoms with E-state index >= 15 is 0 Å². The number of benzene rings is 1. The fourth-order valence-electron chi connectivity index (χ4n) is 4.31. The van der Waals surface area contributed by atoms with E-state index in [1.165, 1.54) is 11.3 Å². The number of amides is 2. The van der Waals surface area contributed by atoms with Crippen LogP contribution in [0.1, 0.15) is 39.2 Å². The van der Waals surface area contributed by atoms with Gasteiger partial charge in [0.15, 0.2) is 10.7 Å². The van der Waals surface area contributed by atoms with Crippen molar-refractivity contribution < 1.29 is 18.0 Å². The third-order valence-electron chi connectivity index (χ3n) is 6.05. The maximum Gasteiger partial charge on any atom is 0.312 e. The van der Waals surface area contributed by atoms with Gasteiger partial charge in [-0.2, -0.15) is 0 Å². The largest absolute Gasteiger partial charge is 0.368 e. The summed E-state index contributed by atoms with van der Waals surface area (Å²) in [6.07, 6.45) is 1.30. The van der Waals surface area contributed by atoms with Crippen LogP contribution in [0.3, 0.4) is 0 Å². The van der Waals surface area contributed by atoms with Gasteiger partial charge >= 0.3 is 11.8 Å². The average molecular weight is 451 g/mol. The van der Waals surface area contributed by atoms with Crippen LogP contribution in [0.15, 0.2) is 24.3 Å². The monoisotopic (exact) mass is 450 g/mol. The number of para-hydroxylation sites is 1. The number of piperidine rings is 1. The van der Waals surface area contributed by atoms with Gasteiger partial charge in [0.2, 0.25) is 0 Å². The number of nitrogens with zero attached hydrogens (tertiary/aromatic N) is 3. The molecule has 2 saturated heterocycles. The first-order valence-corrected chi connectivity index (χ1v) is 12.3. The molecule has 2 aliphatic heterocycles. The molecule has 0 atom stereocenters. The summed E-state index contributed by atoms with van der Waals surface area (Å²) in [5.74, 6) is -0.983. The molecule has 2 amide bonds. The maximum atomic E-state index is 12.7. The van der Waals surface area contributed by atoms with E-state index in [9.17, 15) is 18.0 Å². The van der Waals surface area contributed by atoms with Crippen molar-refractivity contribution >= 4 is 28.2 Å². The van der Waals surface area contributed by atoms with Gasteiger partial charge in [0, 0.05) is 51.0 Å². The number of nitrogens with one attached hydrogen (secondary N) is 1. The zero-order chi connectivity index (χ0) is 22.6. The standard InChI is InChI=1S/C22H34N4O4S/c1-22(2,3)18-6-4-5-7-19(18)25-12-14-26(15-13-25)21(28)20(27)23-17-8-10-24(11-9-17)16-31(29)30/h4-7,17,31H,8-16H2,1-3H3,(H,23,27). The van der Waals surface area contributed by atoms with E-state index in [4.69, 9.17) is 0 Å². The summed E-state index contributed by atoms with van der Waals surface area (Å²) < 4.78 is 21.7. The molecule has 0 radical (unpaired) electrons. The summed E-state index contributed by atoms with van der Waals surface area (Å²) in [6, 6.07) is 8.29. The second-order valence-corrected chi connectivity index (χ2v) is 10.3. The molecular weight excluding hydrogens is 416 g/mol. The van der Waals surface area contributed by atoms with Crippen LogP contribution in [-0.2, 0) is 25.7 Å². The molecule has 3 rings (SSSR count). The number of carbonyl (C=O) groups excluding carboxylic acids is 2. The number of rotatable bonds is 4. The normalized spacial score (nSPS) is 19.0. The number of hydrogen-bond donors (Lipinski definition) is 2. The van der Waals surface area contributed by atoms with E-state index < -0.39 is 22.5 Å². The van der Waals surface area contributed by atoms with Gasteiger partial charge in [-0.3, -0.25) is 14.5 Å². The van der Waals surface area contributed by atoms with Crippen molar-refractivity contribution in [3.63, 3.8) is 0 Å². The lowest BCUT2D eigenvalue weighted by Gasteiger charge is -2.38. The molecule has 0 aliphatic carbocycles. The van der Waals surface area contributed by atoms with Gasteiger partial charge in [-0.25, -0.2) is 8.42 Å². The number of anilines is 1. The molecule has 8 nitrogen and oxygen atoms in total. The molecule has 0 bridgehead atoms. The van der Waals surface area contributed by atoms with Crippen LogP contribution in [0.5, 0.6) is 0 Å². The number of carbonyl (C=O) groups is 2. The summed E-state index contributed by atoms with van der Waals surface area (Å²) in [7, 11) is -2.43. The Bertz CT molecular complexity index is 857. The Morgan fingerprint density at radius 1 is 1.00 bits per heavy atom. The van der Waals surface area contributed by atoms with E-state index in [1.807, 2.05) is 11.0 Å². The summed E-state index contributed by atoms with van der Waals surface area (Å²) in [6.45, 7) is 10.2. The van der Waals surface area contributed by atoms with Crippen molar-refractivity contribution in [1.82, 2.24) is 15.1 Å². The molecule has 0 aromatic heterocycles. The third-order valence-corrected chi connectivity index (χ3v) is 6.68. The van der Waals surface area contributed by atoms with Crippen LogP contribution >= 0.6 is 0 Å². The van der Waals surface area contributed by atoms with Gasteiger partial charge in [0.1, 0.15) is 0 Å². The first-order valence-electron chi connectivity index (χ1n) is 10.9. The minimum absolute atomic E-state index is 0.0301. The van der Waals surface area contributed by atoms with Gasteiger partial charge in [-0.15, -0.1) is 0 Å². The lowest BCUT2D eigenvalue weighted by Crippen LogP contribution is -2.55. The zero-order valence-electron chi connectivity index (χ0n) is 18.7. The van der Waals surface area contributed by atoms with Crippen LogP contribution in [0, 0.1) is 0 Å². The van der Waals surface area contributed by atoms with Gasteiger partial charge < -0.3 is 15.1 Å². The van der Waals surface area contributed by atoms with Crippen molar-refractivity contribution in [3.8, 4) is 0 Å². The second-order valence-electron chi connectivity index (χ2n) is 9.39. The number of hydrogen-bond acceptors (Lipinski definition) is 6. The maximum absolute atomic E-state index is 12.7. The van der Waals surface area contributed by atoms with E-state index in [1.54, 1.807) is 4.90 Å². The topological polar surface area (TPSA) is 90.0 Å². The zero-order valence-corrected chi connectivity index (χ0v) is 19.6. The lowest BCUT2D eigenvalue weighted by atomic mass is 9.85. The van der Waals surface area contributed by atoms with Crippen LogP contribution in [0.25, 0.3) is 0 Å². The Labute approximate surface area is 186 Å². The first kappa shape index (κ1) is 23.5. The highest BCUT2D eigenvalue weighted by molar-refractivity contribution is 7.72. The third kappa shape index (κ3) is 6.20. The van der Waals surface area contributed by atoms with Crippen molar-refractivity contribution in [1.29, 1.82) is 0 Å². The molecule has 31 heavy (non-hydrogen) atoms. The quantitative estimate of drug-likeness (QED) is 0.521. The fraction of sp³-hybridized carbons (Fsp3) is 0.636. The smallest absolute Gasteiger partial charge is 0.312 e. The van der Waals surface area contributed by atoms with E-state index in [0.717, 1.165) is 0 Å². The SMILES string of the molecule is CC(C)(C)c1ccccc1N1CCN(C(=O)C(=O)NC2CCN(C[SH](=O)=O)CC2)CC1. The van der Waals surface area contributed by atoms with Crippen molar-refractivity contribution in [3.05, 3.63) is 29.8 Å². The van der Waals surface area contributed by atoms with Gasteiger partial charge in [0.25, 0.3) is 0 Å². The van der Waals surface area contributed by atoms with E-state index in [0.29, 0.717) is 52.1 Å². The second kappa shape index (κ2) is 9.99. The molecule has 2 aliphatic rings. The Balaban J connectivity index is 1.50. The molecule has 0 spiro atoms. The van der Waals surface area contributed by atoms with Crippen molar-refractivity contribution in [2.75, 3.05) is 50.0 Å². The molecule has 172 valence electrons. The number of thiol groups is 1. The van der Waals surface area contributed by atoms with Crippen LogP contribution in [0.2, 0.25) is 0 Å². The van der Waals surface area contributed by atoms with Crippen LogP contribution in [0.4, 0.5) is 5.69 Å². The van der Waals surface area contributed by atoms with Crippen LogP contribution in [-0.4, -0.2) is 81.2 Å². The van der Waals surface area contributed by atoms with Gasteiger partial charge in [0.05, 0.1) is 5.88 Å². The minimum atomic E-state index is -2.43. The molecule has 0 unspecified atom stereocenters. The molecule has 1 aromatic carbocycles. The van der Waals surface area contributed by atoms with Gasteiger partial charge in [-0.1, -0.05) is 39.0 Å². The van der Waals surface area contributed by atoms with Gasteiger partial charge in [-0.05, 0) is 29.9 Å². The highest BCUT2D eigenvalue weighted by Gasteiger charge is 2.30. The predicted molar refractivity (Wildman–Crippen MR) is 122 cm³/mol. The molecule has 1 aromatic rings. The van der Waals surface area contributed by atoms with E-state index in [-0.39, 0.29) is 17.3 Å². The lowest BCUT2D eigenvalue weighted by molar-refractivity contribution is -0.146. The van der Waals surface area contributed by atoms with Crippen LogP contribution < -0.4 is 10.2 Å². The van der Waals surface area contributed by atoms with E-state index in [2.05, 4.69) is 49.2 Å². The summed E-state index contributed by atoms with van der Waals surface area (Å²) >= 11 is 0. The minimum Gasteiger partial charge on any atom is -0.368 e. The Morgan fingerprint density at radius 2 is 1.61 bits per heavy atom. The summed E-state index contributed by atoms with van der Waals surface area (Å²) in [5, 5.41) is 2.84. The Kier molecular flexibility index (Phi) is 7.59.